The summed E-state index contributed by atoms with van der Waals surface area (Å²) < 4.78 is 94.1. The number of halogens is 7. The lowest BCUT2D eigenvalue weighted by Crippen LogP contribution is -2.59. The van der Waals surface area contributed by atoms with Crippen molar-refractivity contribution in [3.8, 4) is 0 Å². The van der Waals surface area contributed by atoms with Crippen LogP contribution in [-0.2, 0) is 11.2 Å². The molecular weight excluding hydrogens is 367 g/mol. The van der Waals surface area contributed by atoms with Crippen LogP contribution in [0.15, 0.2) is 54.6 Å². The Hall–Kier alpha value is -2.58. The van der Waals surface area contributed by atoms with Crippen molar-refractivity contribution in [1.82, 2.24) is 0 Å². The van der Waals surface area contributed by atoms with Gasteiger partial charge in [-0.05, 0) is 29.8 Å². The highest BCUT2D eigenvalue weighted by Crippen LogP contribution is 2.53. The van der Waals surface area contributed by atoms with Crippen LogP contribution in [0.1, 0.15) is 5.56 Å². The number of nitrogens with one attached hydrogen (secondary N) is 1. The Morgan fingerprint density at radius 3 is 1.77 bits per heavy atom. The van der Waals surface area contributed by atoms with Gasteiger partial charge in [-0.15, -0.1) is 0 Å². The molecular formula is C17H12F7NO. The summed E-state index contributed by atoms with van der Waals surface area (Å²) >= 11 is 0. The molecule has 140 valence electrons. The van der Waals surface area contributed by atoms with Gasteiger partial charge in [-0.25, -0.2) is 4.39 Å². The van der Waals surface area contributed by atoms with Gasteiger partial charge in [-0.3, -0.25) is 4.79 Å². The zero-order chi connectivity index (χ0) is 19.6. The monoisotopic (exact) mass is 379 g/mol. The molecule has 9 heteroatoms. The molecule has 0 fully saturated rings. The van der Waals surface area contributed by atoms with Crippen molar-refractivity contribution in [2.75, 3.05) is 5.32 Å². The van der Waals surface area contributed by atoms with Crippen molar-refractivity contribution in [2.45, 2.75) is 18.8 Å². The zero-order valence-corrected chi connectivity index (χ0v) is 13.0. The van der Waals surface area contributed by atoms with Gasteiger partial charge in [0.2, 0.25) is 11.3 Å². The van der Waals surface area contributed by atoms with E-state index >= 15 is 0 Å². The molecule has 0 spiro atoms. The van der Waals surface area contributed by atoms with E-state index in [9.17, 15) is 35.5 Å². The van der Waals surface area contributed by atoms with Crippen LogP contribution in [0.25, 0.3) is 0 Å². The molecule has 0 aliphatic rings. The topological polar surface area (TPSA) is 29.1 Å². The highest BCUT2D eigenvalue weighted by atomic mass is 19.4. The highest BCUT2D eigenvalue weighted by Gasteiger charge is 2.75. The molecule has 2 aromatic rings. The predicted molar refractivity (Wildman–Crippen MR) is 79.7 cm³/mol. The van der Waals surface area contributed by atoms with Gasteiger partial charge in [0.1, 0.15) is 5.82 Å². The fourth-order valence-electron chi connectivity index (χ4n) is 2.37. The van der Waals surface area contributed by atoms with E-state index in [0.29, 0.717) is 0 Å². The number of carbonyl (C=O) groups excluding carboxylic acids is 1. The Morgan fingerprint density at radius 1 is 0.808 bits per heavy atom. The molecule has 0 aliphatic carbocycles. The van der Waals surface area contributed by atoms with Crippen LogP contribution in [0.3, 0.4) is 0 Å². The number of hydrogen-bond donors (Lipinski definition) is 1. The van der Waals surface area contributed by atoms with E-state index in [0.717, 1.165) is 36.4 Å². The number of rotatable bonds is 4. The summed E-state index contributed by atoms with van der Waals surface area (Å²) in [6.07, 6.45) is -13.4. The van der Waals surface area contributed by atoms with Gasteiger partial charge >= 0.3 is 12.4 Å². The summed E-state index contributed by atoms with van der Waals surface area (Å²) in [5.74, 6) is -3.04. The van der Waals surface area contributed by atoms with Crippen LogP contribution in [-0.4, -0.2) is 18.3 Å². The minimum absolute atomic E-state index is 0.309. The molecule has 0 atom stereocenters. The van der Waals surface area contributed by atoms with E-state index in [1.165, 1.54) is 18.2 Å². The molecule has 0 unspecified atom stereocenters. The number of amides is 1. The number of anilines is 1. The quantitative estimate of drug-likeness (QED) is 0.735. The zero-order valence-electron chi connectivity index (χ0n) is 13.0. The summed E-state index contributed by atoms with van der Waals surface area (Å²) in [6.45, 7) is 0. The maximum absolute atomic E-state index is 13.5. The van der Waals surface area contributed by atoms with Crippen LogP contribution in [0, 0.1) is 11.2 Å². The molecule has 26 heavy (non-hydrogen) atoms. The molecule has 0 aromatic heterocycles. The highest BCUT2D eigenvalue weighted by molar-refractivity contribution is 5.96. The lowest BCUT2D eigenvalue weighted by atomic mass is 9.78. The number of hydrogen-bond acceptors (Lipinski definition) is 1. The van der Waals surface area contributed by atoms with Crippen LogP contribution < -0.4 is 5.32 Å². The molecule has 0 saturated heterocycles. The Bertz CT molecular complexity index is 737. The maximum atomic E-state index is 13.5. The van der Waals surface area contributed by atoms with Crippen molar-refractivity contribution < 1.29 is 35.5 Å². The van der Waals surface area contributed by atoms with Gasteiger partial charge in [0.05, 0.1) is 0 Å². The van der Waals surface area contributed by atoms with Gasteiger partial charge < -0.3 is 5.32 Å². The summed E-state index contributed by atoms with van der Waals surface area (Å²) in [5.41, 5.74) is -5.35. The smallest absolute Gasteiger partial charge is 0.325 e. The van der Waals surface area contributed by atoms with Crippen LogP contribution in [0.4, 0.5) is 36.4 Å². The van der Waals surface area contributed by atoms with Crippen LogP contribution in [0.2, 0.25) is 0 Å². The summed E-state index contributed by atoms with van der Waals surface area (Å²) in [5, 5.41) is 1.60. The molecule has 0 aliphatic heterocycles. The molecule has 0 saturated carbocycles. The maximum Gasteiger partial charge on any atom is 0.412 e. The minimum Gasteiger partial charge on any atom is -0.325 e. The second kappa shape index (κ2) is 6.97. The Balaban J connectivity index is 2.50. The average Bonchev–Trinajstić information content (AvgIpc) is 2.53. The van der Waals surface area contributed by atoms with E-state index in [1.54, 1.807) is 5.32 Å². The fourth-order valence-corrected chi connectivity index (χ4v) is 2.37. The molecule has 2 nitrogen and oxygen atoms in total. The standard InChI is InChI=1S/C17H12F7NO/c18-12-6-8-13(9-7-12)25-14(26)15(16(19,20)21,17(22,23)24)10-11-4-2-1-3-5-11/h1-9H,10H2,(H,25,26). The molecule has 2 aromatic carbocycles. The van der Waals surface area contributed by atoms with Crippen LogP contribution >= 0.6 is 0 Å². The van der Waals surface area contributed by atoms with E-state index in [1.807, 2.05) is 0 Å². The third-order valence-electron chi connectivity index (χ3n) is 3.77. The van der Waals surface area contributed by atoms with E-state index in [4.69, 9.17) is 0 Å². The van der Waals surface area contributed by atoms with E-state index < -0.39 is 35.9 Å². The summed E-state index contributed by atoms with van der Waals surface area (Å²) in [7, 11) is 0. The van der Waals surface area contributed by atoms with Gasteiger partial charge in [-0.2, -0.15) is 26.3 Å². The first kappa shape index (κ1) is 19.7. The van der Waals surface area contributed by atoms with Gasteiger partial charge in [0, 0.05) is 12.1 Å². The number of benzene rings is 2. The number of carbonyl (C=O) groups is 1. The third-order valence-corrected chi connectivity index (χ3v) is 3.77. The molecule has 0 heterocycles. The van der Waals surface area contributed by atoms with E-state index in [2.05, 4.69) is 0 Å². The largest absolute Gasteiger partial charge is 0.412 e. The Kier molecular flexibility index (Phi) is 5.29. The number of alkyl halides is 6. The van der Waals surface area contributed by atoms with Crippen molar-refractivity contribution in [1.29, 1.82) is 0 Å². The van der Waals surface area contributed by atoms with Crippen molar-refractivity contribution in [3.05, 3.63) is 66.0 Å². The molecule has 1 amide bonds. The molecule has 0 bridgehead atoms. The molecule has 1 N–H and O–H groups in total. The van der Waals surface area contributed by atoms with Crippen LogP contribution in [0.5, 0.6) is 0 Å². The Labute approximate surface area is 143 Å². The Morgan fingerprint density at radius 2 is 1.31 bits per heavy atom. The fraction of sp³-hybridized carbons (Fsp3) is 0.235. The lowest BCUT2D eigenvalue weighted by Gasteiger charge is -2.36. The summed E-state index contributed by atoms with van der Waals surface area (Å²) in [4.78, 5) is 12.2. The van der Waals surface area contributed by atoms with Gasteiger partial charge in [0.15, 0.2) is 0 Å². The first-order valence-corrected chi connectivity index (χ1v) is 7.22. The average molecular weight is 379 g/mol. The normalized spacial score (nSPS) is 12.7. The third kappa shape index (κ3) is 3.81. The lowest BCUT2D eigenvalue weighted by molar-refractivity contribution is -0.323. The van der Waals surface area contributed by atoms with Crippen molar-refractivity contribution in [3.63, 3.8) is 0 Å². The first-order chi connectivity index (χ1) is 12.0. The van der Waals surface area contributed by atoms with Crippen molar-refractivity contribution in [2.24, 2.45) is 5.41 Å². The first-order valence-electron chi connectivity index (χ1n) is 7.22. The van der Waals surface area contributed by atoms with Gasteiger partial charge in [0.25, 0.3) is 0 Å². The SMILES string of the molecule is O=C(Nc1ccc(F)cc1)C(Cc1ccccc1)(C(F)(F)F)C(F)(F)F. The predicted octanol–water partition coefficient (Wildman–Crippen LogP) is 5.12. The molecule has 2 rings (SSSR count). The van der Waals surface area contributed by atoms with Gasteiger partial charge in [-0.1, -0.05) is 30.3 Å². The summed E-state index contributed by atoms with van der Waals surface area (Å²) in [6, 6.07) is 9.43. The van der Waals surface area contributed by atoms with Crippen molar-refractivity contribution >= 4 is 11.6 Å². The molecule has 0 radical (unpaired) electrons. The minimum atomic E-state index is -5.91. The second-order valence-electron chi connectivity index (χ2n) is 5.52. The second-order valence-corrected chi connectivity index (χ2v) is 5.52. The van der Waals surface area contributed by atoms with E-state index in [-0.39, 0.29) is 11.3 Å².